The van der Waals surface area contributed by atoms with E-state index in [2.05, 4.69) is 10.1 Å². The maximum Gasteiger partial charge on any atom is 0.411 e. The minimum absolute atomic E-state index is 0.300. The number of hydrogen-bond acceptors (Lipinski definition) is 4. The lowest BCUT2D eigenvalue weighted by Gasteiger charge is -2.26. The lowest BCUT2D eigenvalue weighted by atomic mass is 10.0. The summed E-state index contributed by atoms with van der Waals surface area (Å²) in [5.41, 5.74) is 1.90. The number of nitrogens with zero attached hydrogens (tertiary/aromatic N) is 4. The zero-order valence-electron chi connectivity index (χ0n) is 13.2. The van der Waals surface area contributed by atoms with E-state index in [4.69, 9.17) is 4.74 Å². The normalized spacial score (nSPS) is 15.2. The molecule has 7 heteroatoms. The molecular formula is C18H15FN4O2. The maximum atomic E-state index is 14.7. The first kappa shape index (κ1) is 15.3. The summed E-state index contributed by atoms with van der Waals surface area (Å²) in [6.45, 7) is 0.708. The molecule has 1 fully saturated rings. The van der Waals surface area contributed by atoms with Gasteiger partial charge in [-0.2, -0.15) is 5.10 Å². The zero-order chi connectivity index (χ0) is 17.2. The first-order valence-corrected chi connectivity index (χ1v) is 7.86. The van der Waals surface area contributed by atoms with Crippen LogP contribution >= 0.6 is 0 Å². The molecule has 3 aromatic rings. The predicted octanol–water partition coefficient (Wildman–Crippen LogP) is 3.08. The highest BCUT2D eigenvalue weighted by atomic mass is 19.1. The van der Waals surface area contributed by atoms with E-state index in [9.17, 15) is 9.18 Å². The summed E-state index contributed by atoms with van der Waals surface area (Å²) in [7, 11) is 0. The molecule has 126 valence electrons. The summed E-state index contributed by atoms with van der Waals surface area (Å²) in [4.78, 5) is 17.4. The summed E-state index contributed by atoms with van der Waals surface area (Å²) in [5.74, 6) is -0.360. The van der Waals surface area contributed by atoms with E-state index in [1.165, 1.54) is 28.3 Å². The van der Waals surface area contributed by atoms with Crippen LogP contribution in [0.25, 0.3) is 11.1 Å². The number of carbonyl (C=O) groups excluding carboxylic acids is 1. The third kappa shape index (κ3) is 2.84. The number of carbonyl (C=O) groups is 1. The van der Waals surface area contributed by atoms with Gasteiger partial charge in [0, 0.05) is 5.56 Å². The van der Waals surface area contributed by atoms with Gasteiger partial charge >= 0.3 is 6.09 Å². The van der Waals surface area contributed by atoms with Crippen molar-refractivity contribution in [2.75, 3.05) is 13.2 Å². The Hall–Kier alpha value is -3.22. The molecule has 2 aromatic carbocycles. The summed E-state index contributed by atoms with van der Waals surface area (Å²) < 4.78 is 21.3. The van der Waals surface area contributed by atoms with Gasteiger partial charge in [-0.25, -0.2) is 18.9 Å². The molecule has 1 aromatic heterocycles. The van der Waals surface area contributed by atoms with Crippen molar-refractivity contribution in [3.63, 3.8) is 0 Å². The van der Waals surface area contributed by atoms with Gasteiger partial charge in [-0.1, -0.05) is 42.5 Å². The first-order valence-electron chi connectivity index (χ1n) is 7.86. The van der Waals surface area contributed by atoms with Gasteiger partial charge in [-0.3, -0.25) is 4.90 Å². The quantitative estimate of drug-likeness (QED) is 0.733. The van der Waals surface area contributed by atoms with Crippen molar-refractivity contribution < 1.29 is 13.9 Å². The Morgan fingerprint density at radius 1 is 1.16 bits per heavy atom. The van der Waals surface area contributed by atoms with Crippen LogP contribution in [0.3, 0.4) is 0 Å². The summed E-state index contributed by atoms with van der Waals surface area (Å²) >= 11 is 0. The molecule has 1 saturated heterocycles. The van der Waals surface area contributed by atoms with Crippen molar-refractivity contribution >= 4 is 6.09 Å². The highest BCUT2D eigenvalue weighted by molar-refractivity contribution is 5.70. The van der Waals surface area contributed by atoms with Gasteiger partial charge in [0.15, 0.2) is 6.17 Å². The van der Waals surface area contributed by atoms with E-state index in [0.717, 1.165) is 5.56 Å². The Labute approximate surface area is 143 Å². The molecule has 0 bridgehead atoms. The molecule has 25 heavy (non-hydrogen) atoms. The van der Waals surface area contributed by atoms with Crippen LogP contribution in [0, 0.1) is 5.82 Å². The molecule has 1 amide bonds. The van der Waals surface area contributed by atoms with E-state index in [1.54, 1.807) is 12.1 Å². The summed E-state index contributed by atoms with van der Waals surface area (Å²) in [5, 5.41) is 4.12. The number of rotatable bonds is 4. The molecule has 0 spiro atoms. The molecule has 1 atom stereocenters. The topological polar surface area (TPSA) is 60.2 Å². The monoisotopic (exact) mass is 338 g/mol. The van der Waals surface area contributed by atoms with Crippen LogP contribution in [0.5, 0.6) is 0 Å². The second-order valence-electron chi connectivity index (χ2n) is 5.66. The molecule has 0 unspecified atom stereocenters. The molecule has 0 radical (unpaired) electrons. The van der Waals surface area contributed by atoms with Gasteiger partial charge in [0.1, 0.15) is 25.1 Å². The highest BCUT2D eigenvalue weighted by Crippen LogP contribution is 2.29. The SMILES string of the molecule is O=C1OCCN1[C@@H](c1ccc(-c2ccccc2)c(F)c1)n1cncn1. The van der Waals surface area contributed by atoms with E-state index in [0.29, 0.717) is 24.3 Å². The van der Waals surface area contributed by atoms with Crippen LogP contribution in [-0.4, -0.2) is 38.9 Å². The maximum absolute atomic E-state index is 14.7. The van der Waals surface area contributed by atoms with E-state index in [-0.39, 0.29) is 5.82 Å². The standard InChI is InChI=1S/C18H15FN4O2/c19-16-10-14(6-7-15(16)13-4-2-1-3-5-13)17(23-12-20-11-21-23)22-8-9-25-18(22)24/h1-7,10-12,17H,8-9H2/t17-/m1/s1. The Morgan fingerprint density at radius 3 is 2.64 bits per heavy atom. The van der Waals surface area contributed by atoms with E-state index >= 15 is 0 Å². The average molecular weight is 338 g/mol. The number of ether oxygens (including phenoxy) is 1. The van der Waals surface area contributed by atoms with Gasteiger partial charge < -0.3 is 4.74 Å². The summed E-state index contributed by atoms with van der Waals surface area (Å²) in [6.07, 6.45) is 1.83. The van der Waals surface area contributed by atoms with Gasteiger partial charge in [-0.05, 0) is 17.2 Å². The number of hydrogen-bond donors (Lipinski definition) is 0. The fraction of sp³-hybridized carbons (Fsp3) is 0.167. The number of benzene rings is 2. The number of halogens is 1. The molecule has 2 heterocycles. The van der Waals surface area contributed by atoms with Crippen LogP contribution in [0.2, 0.25) is 0 Å². The van der Waals surface area contributed by atoms with Crippen LogP contribution < -0.4 is 0 Å². The Kier molecular flexibility index (Phi) is 3.89. The van der Waals surface area contributed by atoms with E-state index < -0.39 is 12.3 Å². The Morgan fingerprint density at radius 2 is 2.00 bits per heavy atom. The molecule has 1 aliphatic rings. The molecule has 6 nitrogen and oxygen atoms in total. The van der Waals surface area contributed by atoms with Crippen LogP contribution in [0.4, 0.5) is 9.18 Å². The average Bonchev–Trinajstić information content (AvgIpc) is 3.29. The van der Waals surface area contributed by atoms with Crippen molar-refractivity contribution in [2.45, 2.75) is 6.17 Å². The van der Waals surface area contributed by atoms with Crippen molar-refractivity contribution in [1.29, 1.82) is 0 Å². The van der Waals surface area contributed by atoms with E-state index in [1.807, 2.05) is 30.3 Å². The van der Waals surface area contributed by atoms with Crippen molar-refractivity contribution in [2.24, 2.45) is 0 Å². The van der Waals surface area contributed by atoms with Gasteiger partial charge in [0.2, 0.25) is 0 Å². The lowest BCUT2D eigenvalue weighted by Crippen LogP contribution is -2.34. The van der Waals surface area contributed by atoms with Gasteiger partial charge in [0.05, 0.1) is 6.54 Å². The molecule has 4 rings (SSSR count). The van der Waals surface area contributed by atoms with Crippen LogP contribution in [0.15, 0.2) is 61.2 Å². The third-order valence-corrected chi connectivity index (χ3v) is 4.15. The third-order valence-electron chi connectivity index (χ3n) is 4.15. The van der Waals surface area contributed by atoms with Gasteiger partial charge in [0.25, 0.3) is 0 Å². The van der Waals surface area contributed by atoms with Crippen molar-refractivity contribution in [3.05, 3.63) is 72.6 Å². The molecule has 0 aliphatic carbocycles. The Bertz CT molecular complexity index is 883. The van der Waals surface area contributed by atoms with Crippen LogP contribution in [0.1, 0.15) is 11.7 Å². The minimum Gasteiger partial charge on any atom is -0.447 e. The largest absolute Gasteiger partial charge is 0.447 e. The van der Waals surface area contributed by atoms with Crippen molar-refractivity contribution in [1.82, 2.24) is 19.7 Å². The second kappa shape index (κ2) is 6.35. The Balaban J connectivity index is 1.75. The molecule has 1 aliphatic heterocycles. The minimum atomic E-state index is -0.600. The fourth-order valence-electron chi connectivity index (χ4n) is 2.99. The zero-order valence-corrected chi connectivity index (χ0v) is 13.2. The van der Waals surface area contributed by atoms with Crippen molar-refractivity contribution in [3.8, 4) is 11.1 Å². The second-order valence-corrected chi connectivity index (χ2v) is 5.66. The lowest BCUT2D eigenvalue weighted by molar-refractivity contribution is 0.139. The fourth-order valence-corrected chi connectivity index (χ4v) is 2.99. The first-order chi connectivity index (χ1) is 12.2. The molecular weight excluding hydrogens is 323 g/mol. The highest BCUT2D eigenvalue weighted by Gasteiger charge is 2.33. The van der Waals surface area contributed by atoms with Crippen LogP contribution in [-0.2, 0) is 4.74 Å². The summed E-state index contributed by atoms with van der Waals surface area (Å²) in [6, 6.07) is 14.3. The predicted molar refractivity (Wildman–Crippen MR) is 88.1 cm³/mol. The van der Waals surface area contributed by atoms with Gasteiger partial charge in [-0.15, -0.1) is 0 Å². The number of cyclic esters (lactones) is 1. The number of amides is 1. The smallest absolute Gasteiger partial charge is 0.411 e. The molecule has 0 saturated carbocycles. The number of aromatic nitrogens is 3. The molecule has 0 N–H and O–H groups in total.